The minimum absolute atomic E-state index is 0.126. The Balaban J connectivity index is 2.26. The number of aromatic nitrogens is 1. The van der Waals surface area contributed by atoms with Gasteiger partial charge in [-0.15, -0.1) is 0 Å². The van der Waals surface area contributed by atoms with E-state index in [0.29, 0.717) is 5.92 Å². The number of rotatable bonds is 2. The van der Waals surface area contributed by atoms with Gasteiger partial charge in [-0.05, 0) is 36.8 Å². The molecule has 3 rings (SSSR count). The second kappa shape index (κ2) is 4.16. The predicted octanol–water partition coefficient (Wildman–Crippen LogP) is 3.02. The zero-order chi connectivity index (χ0) is 12.7. The van der Waals surface area contributed by atoms with Gasteiger partial charge in [0.25, 0.3) is 0 Å². The van der Waals surface area contributed by atoms with Crippen LogP contribution < -0.4 is 5.73 Å². The van der Waals surface area contributed by atoms with Crippen molar-refractivity contribution in [1.82, 2.24) is 4.98 Å². The molecule has 0 saturated heterocycles. The number of nitrogens with one attached hydrogen (secondary N) is 1. The second-order valence-electron chi connectivity index (χ2n) is 5.14. The van der Waals surface area contributed by atoms with Gasteiger partial charge in [-0.25, -0.2) is 0 Å². The molecule has 2 atom stereocenters. The molecular formula is C15H18N2O. The number of amides is 1. The van der Waals surface area contributed by atoms with Crippen LogP contribution >= 0.6 is 0 Å². The summed E-state index contributed by atoms with van der Waals surface area (Å²) in [5.41, 5.74) is 9.07. The van der Waals surface area contributed by atoms with Crippen molar-refractivity contribution in [2.45, 2.75) is 38.0 Å². The summed E-state index contributed by atoms with van der Waals surface area (Å²) in [5.74, 6) is 0.206. The van der Waals surface area contributed by atoms with Crippen molar-refractivity contribution < 1.29 is 4.79 Å². The maximum Gasteiger partial charge on any atom is 0.225 e. The fourth-order valence-electron chi connectivity index (χ4n) is 3.23. The highest BCUT2D eigenvalue weighted by Crippen LogP contribution is 2.43. The van der Waals surface area contributed by atoms with Crippen LogP contribution in [0, 0.1) is 0 Å². The molecule has 94 valence electrons. The third kappa shape index (κ3) is 1.54. The minimum atomic E-state index is -0.199. The van der Waals surface area contributed by atoms with Gasteiger partial charge in [0.05, 0.1) is 5.92 Å². The Kier molecular flexibility index (Phi) is 2.62. The third-order valence-corrected chi connectivity index (χ3v) is 4.17. The van der Waals surface area contributed by atoms with Gasteiger partial charge in [0.15, 0.2) is 0 Å². The Morgan fingerprint density at radius 1 is 1.39 bits per heavy atom. The summed E-state index contributed by atoms with van der Waals surface area (Å²) in [4.78, 5) is 15.2. The van der Waals surface area contributed by atoms with Gasteiger partial charge >= 0.3 is 0 Å². The maximum absolute atomic E-state index is 11.7. The van der Waals surface area contributed by atoms with Gasteiger partial charge in [-0.2, -0.15) is 0 Å². The number of fused-ring (bicyclic) bond motifs is 3. The van der Waals surface area contributed by atoms with Gasteiger partial charge in [-0.1, -0.05) is 25.1 Å². The summed E-state index contributed by atoms with van der Waals surface area (Å²) in [6.45, 7) is 2.20. The van der Waals surface area contributed by atoms with Crippen LogP contribution in [-0.4, -0.2) is 10.9 Å². The quantitative estimate of drug-likeness (QED) is 0.835. The molecule has 1 aliphatic rings. The monoisotopic (exact) mass is 242 g/mol. The number of hydrogen-bond acceptors (Lipinski definition) is 1. The summed E-state index contributed by atoms with van der Waals surface area (Å²) in [5, 5.41) is 1.16. The Morgan fingerprint density at radius 2 is 2.17 bits per heavy atom. The van der Waals surface area contributed by atoms with E-state index in [-0.39, 0.29) is 11.8 Å². The van der Waals surface area contributed by atoms with Crippen LogP contribution in [0.15, 0.2) is 24.3 Å². The van der Waals surface area contributed by atoms with Crippen molar-refractivity contribution in [2.24, 2.45) is 5.73 Å². The molecule has 1 heterocycles. The summed E-state index contributed by atoms with van der Waals surface area (Å²) < 4.78 is 0. The van der Waals surface area contributed by atoms with Crippen LogP contribution in [0.5, 0.6) is 0 Å². The van der Waals surface area contributed by atoms with Crippen molar-refractivity contribution in [3.05, 3.63) is 35.5 Å². The van der Waals surface area contributed by atoms with Gasteiger partial charge in [-0.3, -0.25) is 4.79 Å². The van der Waals surface area contributed by atoms with E-state index < -0.39 is 0 Å². The van der Waals surface area contributed by atoms with Crippen LogP contribution in [-0.2, 0) is 4.79 Å². The molecule has 1 amide bonds. The van der Waals surface area contributed by atoms with Gasteiger partial charge in [0.2, 0.25) is 5.91 Å². The van der Waals surface area contributed by atoms with E-state index in [1.807, 2.05) is 12.1 Å². The van der Waals surface area contributed by atoms with E-state index in [1.54, 1.807) is 0 Å². The molecule has 0 radical (unpaired) electrons. The molecule has 1 aromatic heterocycles. The lowest BCUT2D eigenvalue weighted by Gasteiger charge is -2.26. The SMILES string of the molecule is CCC1CCC(C(N)=O)c2c1[nH]c1ccccc21. The molecule has 0 fully saturated rings. The first kappa shape index (κ1) is 11.3. The molecule has 18 heavy (non-hydrogen) atoms. The minimum Gasteiger partial charge on any atom is -0.369 e. The smallest absolute Gasteiger partial charge is 0.225 e. The van der Waals surface area contributed by atoms with Crippen molar-refractivity contribution in [1.29, 1.82) is 0 Å². The number of carbonyl (C=O) groups excluding carboxylic acids is 1. The third-order valence-electron chi connectivity index (χ3n) is 4.17. The van der Waals surface area contributed by atoms with Crippen molar-refractivity contribution in [2.75, 3.05) is 0 Å². The van der Waals surface area contributed by atoms with E-state index in [1.165, 1.54) is 5.69 Å². The summed E-state index contributed by atoms with van der Waals surface area (Å²) >= 11 is 0. The summed E-state index contributed by atoms with van der Waals surface area (Å²) in [6.07, 6.45) is 3.03. The zero-order valence-electron chi connectivity index (χ0n) is 10.6. The summed E-state index contributed by atoms with van der Waals surface area (Å²) in [7, 11) is 0. The second-order valence-corrected chi connectivity index (χ2v) is 5.14. The normalized spacial score (nSPS) is 22.9. The first-order chi connectivity index (χ1) is 8.72. The molecule has 0 spiro atoms. The fraction of sp³-hybridized carbons (Fsp3) is 0.400. The summed E-state index contributed by atoms with van der Waals surface area (Å²) in [6, 6.07) is 8.19. The fourth-order valence-corrected chi connectivity index (χ4v) is 3.23. The number of H-pyrrole nitrogens is 1. The van der Waals surface area contributed by atoms with E-state index in [2.05, 4.69) is 24.0 Å². The lowest BCUT2D eigenvalue weighted by atomic mass is 9.78. The zero-order valence-corrected chi connectivity index (χ0v) is 10.6. The lowest BCUT2D eigenvalue weighted by Crippen LogP contribution is -2.26. The molecule has 1 aliphatic carbocycles. The van der Waals surface area contributed by atoms with Crippen molar-refractivity contribution >= 4 is 16.8 Å². The Bertz CT molecular complexity index is 600. The highest BCUT2D eigenvalue weighted by Gasteiger charge is 2.32. The number of benzene rings is 1. The van der Waals surface area contributed by atoms with Crippen molar-refractivity contribution in [3.63, 3.8) is 0 Å². The first-order valence-electron chi connectivity index (χ1n) is 6.62. The number of nitrogens with two attached hydrogens (primary N) is 1. The molecule has 2 aromatic rings. The molecule has 3 nitrogen and oxygen atoms in total. The standard InChI is InChI=1S/C15H18N2O/c1-2-9-7-8-11(15(16)18)13-10-5-3-4-6-12(10)17-14(9)13/h3-6,9,11,17H,2,7-8H2,1H3,(H2,16,18). The topological polar surface area (TPSA) is 58.9 Å². The number of aromatic amines is 1. The Morgan fingerprint density at radius 3 is 2.89 bits per heavy atom. The average Bonchev–Trinajstić information content (AvgIpc) is 2.76. The highest BCUT2D eigenvalue weighted by atomic mass is 16.1. The number of para-hydroxylation sites is 1. The highest BCUT2D eigenvalue weighted by molar-refractivity contribution is 5.93. The molecule has 0 saturated carbocycles. The Hall–Kier alpha value is -1.77. The van der Waals surface area contributed by atoms with E-state index in [0.717, 1.165) is 35.7 Å². The molecule has 0 aliphatic heterocycles. The van der Waals surface area contributed by atoms with E-state index in [9.17, 15) is 4.79 Å². The van der Waals surface area contributed by atoms with Crippen LogP contribution in [0.2, 0.25) is 0 Å². The molecule has 3 heteroatoms. The number of primary amides is 1. The number of hydrogen-bond donors (Lipinski definition) is 2. The van der Waals surface area contributed by atoms with Crippen molar-refractivity contribution in [3.8, 4) is 0 Å². The van der Waals surface area contributed by atoms with E-state index in [4.69, 9.17) is 5.73 Å². The Labute approximate surface area is 106 Å². The van der Waals surface area contributed by atoms with Crippen LogP contribution in [0.25, 0.3) is 10.9 Å². The lowest BCUT2D eigenvalue weighted by molar-refractivity contribution is -0.119. The predicted molar refractivity (Wildman–Crippen MR) is 72.5 cm³/mol. The maximum atomic E-state index is 11.7. The molecule has 2 unspecified atom stereocenters. The van der Waals surface area contributed by atoms with E-state index >= 15 is 0 Å². The average molecular weight is 242 g/mol. The van der Waals surface area contributed by atoms with Gasteiger partial charge in [0, 0.05) is 16.6 Å². The van der Waals surface area contributed by atoms with Gasteiger partial charge < -0.3 is 10.7 Å². The molecule has 0 bridgehead atoms. The van der Waals surface area contributed by atoms with Crippen LogP contribution in [0.1, 0.15) is 49.3 Å². The molecular weight excluding hydrogens is 224 g/mol. The first-order valence-corrected chi connectivity index (χ1v) is 6.62. The molecule has 3 N–H and O–H groups in total. The van der Waals surface area contributed by atoms with Gasteiger partial charge in [0.1, 0.15) is 0 Å². The van der Waals surface area contributed by atoms with Crippen LogP contribution in [0.4, 0.5) is 0 Å². The molecule has 1 aromatic carbocycles. The number of carbonyl (C=O) groups is 1. The largest absolute Gasteiger partial charge is 0.369 e. The van der Waals surface area contributed by atoms with Crippen LogP contribution in [0.3, 0.4) is 0 Å².